The van der Waals surface area contributed by atoms with Crippen LogP contribution in [0.15, 0.2) is 30.3 Å². The number of likely N-dealkylation sites (tertiary alicyclic amines) is 2. The van der Waals surface area contributed by atoms with Gasteiger partial charge in [0.05, 0.1) is 0 Å². The second-order valence-electron chi connectivity index (χ2n) is 7.02. The van der Waals surface area contributed by atoms with Crippen LogP contribution < -0.4 is 5.32 Å². The Bertz CT molecular complexity index is 664. The fourth-order valence-corrected chi connectivity index (χ4v) is 3.60. The zero-order valence-electron chi connectivity index (χ0n) is 15.6. The Balaban J connectivity index is 1.40. The van der Waals surface area contributed by atoms with Crippen LogP contribution in [0.1, 0.15) is 37.7 Å². The average molecular weight is 373 g/mol. The standard InChI is InChI=1S/C20H27N3O4/c24-18-10-5-12-22(18)13-6-11-21-19(25)17-9-4-14-23(17)20(26)27-15-16-7-2-1-3-8-16/h1-3,7-8,17H,4-6,9-15H2,(H,21,25)/t17-/m0/s1. The highest BCUT2D eigenvalue weighted by atomic mass is 16.6. The van der Waals surface area contributed by atoms with Gasteiger partial charge in [0, 0.05) is 32.6 Å². The zero-order valence-corrected chi connectivity index (χ0v) is 15.6. The van der Waals surface area contributed by atoms with Gasteiger partial charge in [0.25, 0.3) is 0 Å². The molecular formula is C20H27N3O4. The number of amides is 3. The van der Waals surface area contributed by atoms with Crippen LogP contribution in [0.4, 0.5) is 4.79 Å². The van der Waals surface area contributed by atoms with Gasteiger partial charge < -0.3 is 15.0 Å². The molecule has 1 atom stereocenters. The Labute approximate surface area is 159 Å². The largest absolute Gasteiger partial charge is 0.445 e. The van der Waals surface area contributed by atoms with Gasteiger partial charge in [-0.15, -0.1) is 0 Å². The summed E-state index contributed by atoms with van der Waals surface area (Å²) in [6.45, 7) is 2.73. The van der Waals surface area contributed by atoms with E-state index in [2.05, 4.69) is 5.32 Å². The molecule has 1 aromatic rings. The number of nitrogens with zero attached hydrogens (tertiary/aromatic N) is 2. The molecule has 146 valence electrons. The first-order chi connectivity index (χ1) is 13.1. The van der Waals surface area contributed by atoms with Gasteiger partial charge in [-0.25, -0.2) is 4.79 Å². The summed E-state index contributed by atoms with van der Waals surface area (Å²) in [7, 11) is 0. The maximum Gasteiger partial charge on any atom is 0.410 e. The molecule has 0 aromatic heterocycles. The lowest BCUT2D eigenvalue weighted by molar-refractivity contribution is -0.127. The van der Waals surface area contributed by atoms with Crippen molar-refractivity contribution in [3.8, 4) is 0 Å². The van der Waals surface area contributed by atoms with Crippen molar-refractivity contribution in [2.24, 2.45) is 0 Å². The van der Waals surface area contributed by atoms with Crippen molar-refractivity contribution in [3.63, 3.8) is 0 Å². The molecule has 3 rings (SSSR count). The third kappa shape index (κ3) is 5.21. The molecule has 1 aromatic carbocycles. The summed E-state index contributed by atoms with van der Waals surface area (Å²) in [6, 6.07) is 9.02. The highest BCUT2D eigenvalue weighted by Gasteiger charge is 2.35. The van der Waals surface area contributed by atoms with Crippen molar-refractivity contribution in [3.05, 3.63) is 35.9 Å². The molecular weight excluding hydrogens is 346 g/mol. The molecule has 0 aliphatic carbocycles. The molecule has 0 unspecified atom stereocenters. The van der Waals surface area contributed by atoms with Gasteiger partial charge in [-0.1, -0.05) is 30.3 Å². The van der Waals surface area contributed by atoms with E-state index >= 15 is 0 Å². The van der Waals surface area contributed by atoms with Gasteiger partial charge in [-0.05, 0) is 31.2 Å². The quantitative estimate of drug-likeness (QED) is 0.741. The smallest absolute Gasteiger partial charge is 0.410 e. The van der Waals surface area contributed by atoms with Gasteiger partial charge in [0.15, 0.2) is 0 Å². The number of ether oxygens (including phenoxy) is 1. The van der Waals surface area contributed by atoms with Crippen LogP contribution in [0, 0.1) is 0 Å². The van der Waals surface area contributed by atoms with E-state index in [4.69, 9.17) is 4.74 Å². The molecule has 1 N–H and O–H groups in total. The van der Waals surface area contributed by atoms with Gasteiger partial charge in [0.1, 0.15) is 12.6 Å². The predicted octanol–water partition coefficient (Wildman–Crippen LogP) is 1.92. The topological polar surface area (TPSA) is 79.0 Å². The van der Waals surface area contributed by atoms with E-state index in [0.717, 1.165) is 31.4 Å². The number of rotatable bonds is 7. The number of benzene rings is 1. The summed E-state index contributed by atoms with van der Waals surface area (Å²) in [5, 5.41) is 2.90. The van der Waals surface area contributed by atoms with Crippen molar-refractivity contribution in [1.29, 1.82) is 0 Å². The second kappa shape index (κ2) is 9.39. The Kier molecular flexibility index (Phi) is 6.68. The summed E-state index contributed by atoms with van der Waals surface area (Å²) < 4.78 is 5.36. The van der Waals surface area contributed by atoms with E-state index in [0.29, 0.717) is 32.5 Å². The van der Waals surface area contributed by atoms with Crippen LogP contribution in [-0.2, 0) is 20.9 Å². The highest BCUT2D eigenvalue weighted by Crippen LogP contribution is 2.19. The number of nitrogens with one attached hydrogen (secondary N) is 1. The van der Waals surface area contributed by atoms with E-state index in [-0.39, 0.29) is 18.4 Å². The molecule has 7 nitrogen and oxygen atoms in total. The van der Waals surface area contributed by atoms with Gasteiger partial charge in [-0.2, -0.15) is 0 Å². The molecule has 0 radical (unpaired) electrons. The predicted molar refractivity (Wildman–Crippen MR) is 99.8 cm³/mol. The summed E-state index contributed by atoms with van der Waals surface area (Å²) in [5.41, 5.74) is 0.919. The summed E-state index contributed by atoms with van der Waals surface area (Å²) in [5.74, 6) is 0.0568. The zero-order chi connectivity index (χ0) is 19.1. The lowest BCUT2D eigenvalue weighted by Gasteiger charge is -2.23. The Morgan fingerprint density at radius 1 is 1.15 bits per heavy atom. The molecule has 2 saturated heterocycles. The lowest BCUT2D eigenvalue weighted by atomic mass is 10.2. The Hall–Kier alpha value is -2.57. The summed E-state index contributed by atoms with van der Waals surface area (Å²) in [4.78, 5) is 39.7. The maximum atomic E-state index is 12.5. The third-order valence-electron chi connectivity index (χ3n) is 5.07. The van der Waals surface area contributed by atoms with Crippen LogP contribution >= 0.6 is 0 Å². The van der Waals surface area contributed by atoms with Gasteiger partial charge in [-0.3, -0.25) is 14.5 Å². The molecule has 0 bridgehead atoms. The first-order valence-electron chi connectivity index (χ1n) is 9.68. The summed E-state index contributed by atoms with van der Waals surface area (Å²) in [6.07, 6.45) is 3.28. The fourth-order valence-electron chi connectivity index (χ4n) is 3.60. The van der Waals surface area contributed by atoms with Crippen LogP contribution in [0.5, 0.6) is 0 Å². The van der Waals surface area contributed by atoms with Crippen molar-refractivity contribution in [2.75, 3.05) is 26.2 Å². The number of hydrogen-bond donors (Lipinski definition) is 1. The van der Waals surface area contributed by atoms with Gasteiger partial charge >= 0.3 is 6.09 Å². The molecule has 7 heteroatoms. The highest BCUT2D eigenvalue weighted by molar-refractivity contribution is 5.86. The van der Waals surface area contributed by atoms with Crippen molar-refractivity contribution < 1.29 is 19.1 Å². The van der Waals surface area contributed by atoms with E-state index in [1.807, 2.05) is 35.2 Å². The summed E-state index contributed by atoms with van der Waals surface area (Å²) >= 11 is 0. The molecule has 0 spiro atoms. The molecule has 3 amide bonds. The van der Waals surface area contributed by atoms with Crippen LogP contribution in [0.2, 0.25) is 0 Å². The molecule has 2 aliphatic rings. The average Bonchev–Trinajstić information content (AvgIpc) is 3.33. The number of carbonyl (C=O) groups excluding carboxylic acids is 3. The minimum Gasteiger partial charge on any atom is -0.445 e. The molecule has 2 fully saturated rings. The number of hydrogen-bond acceptors (Lipinski definition) is 4. The van der Waals surface area contributed by atoms with E-state index in [9.17, 15) is 14.4 Å². The SMILES string of the molecule is O=C(NCCCN1CCCC1=O)[C@@H]1CCCN1C(=O)OCc1ccccc1. The first kappa shape index (κ1) is 19.2. The van der Waals surface area contributed by atoms with Crippen LogP contribution in [-0.4, -0.2) is 59.9 Å². The van der Waals surface area contributed by atoms with Crippen LogP contribution in [0.3, 0.4) is 0 Å². The maximum absolute atomic E-state index is 12.5. The monoisotopic (exact) mass is 373 g/mol. The second-order valence-corrected chi connectivity index (χ2v) is 7.02. The van der Waals surface area contributed by atoms with Crippen molar-refractivity contribution >= 4 is 17.9 Å². The van der Waals surface area contributed by atoms with E-state index in [1.165, 1.54) is 4.90 Å². The normalized spacial score (nSPS) is 19.4. The molecule has 0 saturated carbocycles. The molecule has 27 heavy (non-hydrogen) atoms. The van der Waals surface area contributed by atoms with Crippen LogP contribution in [0.25, 0.3) is 0 Å². The first-order valence-corrected chi connectivity index (χ1v) is 9.68. The molecule has 2 heterocycles. The van der Waals surface area contributed by atoms with E-state index < -0.39 is 12.1 Å². The number of carbonyl (C=O) groups is 3. The third-order valence-corrected chi connectivity index (χ3v) is 5.07. The fraction of sp³-hybridized carbons (Fsp3) is 0.550. The van der Waals surface area contributed by atoms with Gasteiger partial charge in [0.2, 0.25) is 11.8 Å². The van der Waals surface area contributed by atoms with Crippen molar-refractivity contribution in [2.45, 2.75) is 44.8 Å². The Morgan fingerprint density at radius 3 is 2.70 bits per heavy atom. The lowest BCUT2D eigenvalue weighted by Crippen LogP contribution is -2.46. The Morgan fingerprint density at radius 2 is 1.96 bits per heavy atom. The molecule has 2 aliphatic heterocycles. The van der Waals surface area contributed by atoms with E-state index in [1.54, 1.807) is 0 Å². The minimum absolute atomic E-state index is 0.142. The van der Waals surface area contributed by atoms with Crippen molar-refractivity contribution in [1.82, 2.24) is 15.1 Å². The minimum atomic E-state index is -0.471.